The van der Waals surface area contributed by atoms with Crippen LogP contribution in [0.1, 0.15) is 24.8 Å². The lowest BCUT2D eigenvalue weighted by Gasteiger charge is -2.33. The predicted octanol–water partition coefficient (Wildman–Crippen LogP) is 3.10. The number of hydrogen-bond acceptors (Lipinski definition) is 3. The molecule has 1 N–H and O–H groups in total. The van der Waals surface area contributed by atoms with Gasteiger partial charge in [-0.2, -0.15) is 0 Å². The maximum atomic E-state index is 12.6. The van der Waals surface area contributed by atoms with E-state index < -0.39 is 10.0 Å². The molecule has 2 aromatic carbocycles. The van der Waals surface area contributed by atoms with Gasteiger partial charge in [0.1, 0.15) is 0 Å². The van der Waals surface area contributed by atoms with E-state index in [1.807, 2.05) is 24.3 Å². The van der Waals surface area contributed by atoms with E-state index in [9.17, 15) is 8.42 Å². The van der Waals surface area contributed by atoms with E-state index in [-0.39, 0.29) is 5.41 Å². The molecule has 1 aliphatic rings. The Labute approximate surface area is 143 Å². The number of hydrogen-bond donors (Lipinski definition) is 1. The second-order valence-electron chi connectivity index (χ2n) is 6.25. The quantitative estimate of drug-likeness (QED) is 0.906. The summed E-state index contributed by atoms with van der Waals surface area (Å²) >= 11 is 0. The fourth-order valence-electron chi connectivity index (χ4n) is 3.28. The summed E-state index contributed by atoms with van der Waals surface area (Å²) < 4.78 is 33.6. The Morgan fingerprint density at radius 2 is 1.58 bits per heavy atom. The lowest BCUT2D eigenvalue weighted by atomic mass is 9.75. The third-order valence-electron chi connectivity index (χ3n) is 4.71. The van der Waals surface area contributed by atoms with Gasteiger partial charge in [0.15, 0.2) is 0 Å². The Balaban J connectivity index is 1.85. The van der Waals surface area contributed by atoms with Crippen LogP contribution in [0, 0.1) is 0 Å². The van der Waals surface area contributed by atoms with E-state index in [4.69, 9.17) is 4.74 Å². The van der Waals surface area contributed by atoms with Crippen LogP contribution in [-0.4, -0.2) is 28.2 Å². The first-order chi connectivity index (χ1) is 11.6. The largest absolute Gasteiger partial charge is 0.381 e. The minimum atomic E-state index is -3.51. The lowest BCUT2D eigenvalue weighted by molar-refractivity contribution is 0.139. The topological polar surface area (TPSA) is 55.4 Å². The van der Waals surface area contributed by atoms with Crippen LogP contribution in [0.15, 0.2) is 65.6 Å². The highest BCUT2D eigenvalue weighted by molar-refractivity contribution is 7.89. The summed E-state index contributed by atoms with van der Waals surface area (Å²) in [5.41, 5.74) is 0.950. The zero-order chi connectivity index (χ0) is 16.9. The highest BCUT2D eigenvalue weighted by Crippen LogP contribution is 2.34. The maximum Gasteiger partial charge on any atom is 0.240 e. The number of sulfonamides is 1. The number of ether oxygens (including phenoxy) is 1. The number of nitrogens with one attached hydrogen (secondary N) is 1. The number of rotatable bonds is 5. The molecule has 2 aromatic rings. The van der Waals surface area contributed by atoms with Crippen LogP contribution in [-0.2, 0) is 20.2 Å². The summed E-state index contributed by atoms with van der Waals surface area (Å²) in [7, 11) is -3.51. The zero-order valence-corrected chi connectivity index (χ0v) is 14.5. The highest BCUT2D eigenvalue weighted by Gasteiger charge is 2.34. The molecule has 1 saturated heterocycles. The van der Waals surface area contributed by atoms with Crippen molar-refractivity contribution in [3.8, 4) is 0 Å². The van der Waals surface area contributed by atoms with Crippen molar-refractivity contribution in [3.05, 3.63) is 66.2 Å². The van der Waals surface area contributed by atoms with E-state index in [0.717, 1.165) is 25.9 Å². The maximum absolute atomic E-state index is 12.6. The SMILES string of the molecule is O=S(=O)(NC[C@@]1(c2ccccc2)CCCOCC1)c1ccccc1. The van der Waals surface area contributed by atoms with Crippen molar-refractivity contribution in [3.63, 3.8) is 0 Å². The van der Waals surface area contributed by atoms with E-state index in [0.29, 0.717) is 18.0 Å². The minimum absolute atomic E-state index is 0.223. The molecule has 4 nitrogen and oxygen atoms in total. The Morgan fingerprint density at radius 3 is 2.29 bits per heavy atom. The smallest absolute Gasteiger partial charge is 0.240 e. The van der Waals surface area contributed by atoms with Crippen molar-refractivity contribution in [1.82, 2.24) is 4.72 Å². The molecule has 1 heterocycles. The molecule has 0 spiro atoms. The summed E-state index contributed by atoms with van der Waals surface area (Å²) in [6, 6.07) is 18.7. The van der Waals surface area contributed by atoms with Gasteiger partial charge in [-0.3, -0.25) is 0 Å². The molecule has 0 radical (unpaired) electrons. The molecule has 0 aliphatic carbocycles. The minimum Gasteiger partial charge on any atom is -0.381 e. The van der Waals surface area contributed by atoms with Gasteiger partial charge in [0, 0.05) is 25.2 Å². The summed E-state index contributed by atoms with van der Waals surface area (Å²) in [5, 5.41) is 0. The first-order valence-corrected chi connectivity index (χ1v) is 9.79. The van der Waals surface area contributed by atoms with Crippen molar-refractivity contribution in [2.45, 2.75) is 29.6 Å². The Hall–Kier alpha value is -1.69. The summed E-state index contributed by atoms with van der Waals surface area (Å²) in [6.45, 7) is 1.78. The van der Waals surface area contributed by atoms with Crippen LogP contribution in [0.5, 0.6) is 0 Å². The van der Waals surface area contributed by atoms with Gasteiger partial charge >= 0.3 is 0 Å². The lowest BCUT2D eigenvalue weighted by Crippen LogP contribution is -2.41. The summed E-state index contributed by atoms with van der Waals surface area (Å²) in [6.07, 6.45) is 2.66. The highest BCUT2D eigenvalue weighted by atomic mass is 32.2. The molecule has 0 saturated carbocycles. The fourth-order valence-corrected chi connectivity index (χ4v) is 4.43. The Bertz CT molecular complexity index is 737. The van der Waals surface area contributed by atoms with Gasteiger partial charge in [-0.1, -0.05) is 48.5 Å². The summed E-state index contributed by atoms with van der Waals surface area (Å²) in [5.74, 6) is 0. The van der Waals surface area contributed by atoms with Crippen molar-refractivity contribution >= 4 is 10.0 Å². The summed E-state index contributed by atoms with van der Waals surface area (Å²) in [4.78, 5) is 0.304. The van der Waals surface area contributed by atoms with Crippen LogP contribution in [0.4, 0.5) is 0 Å². The van der Waals surface area contributed by atoms with Crippen LogP contribution in [0.2, 0.25) is 0 Å². The third kappa shape index (κ3) is 3.86. The molecule has 1 atom stereocenters. The van der Waals surface area contributed by atoms with E-state index in [1.165, 1.54) is 5.56 Å². The molecule has 24 heavy (non-hydrogen) atoms. The van der Waals surface area contributed by atoms with Gasteiger partial charge < -0.3 is 4.74 Å². The second kappa shape index (κ2) is 7.47. The van der Waals surface area contributed by atoms with Gasteiger partial charge in [-0.15, -0.1) is 0 Å². The van der Waals surface area contributed by atoms with E-state index >= 15 is 0 Å². The van der Waals surface area contributed by atoms with Gasteiger partial charge in [-0.25, -0.2) is 13.1 Å². The van der Waals surface area contributed by atoms with Crippen LogP contribution in [0.3, 0.4) is 0 Å². The molecule has 5 heteroatoms. The van der Waals surface area contributed by atoms with Gasteiger partial charge in [0.2, 0.25) is 10.0 Å². The fraction of sp³-hybridized carbons (Fsp3) is 0.368. The second-order valence-corrected chi connectivity index (χ2v) is 8.02. The zero-order valence-electron chi connectivity index (χ0n) is 13.6. The Kier molecular flexibility index (Phi) is 5.33. The average molecular weight is 345 g/mol. The third-order valence-corrected chi connectivity index (χ3v) is 6.13. The first-order valence-electron chi connectivity index (χ1n) is 8.30. The molecule has 128 valence electrons. The molecular formula is C19H23NO3S. The van der Waals surface area contributed by atoms with Crippen molar-refractivity contribution in [2.75, 3.05) is 19.8 Å². The standard InChI is InChI=1S/C19H23NO3S/c21-24(22,18-10-5-2-6-11-18)20-16-19(12-7-14-23-15-13-19)17-8-3-1-4-9-17/h1-6,8-11,20H,7,12-16H2/t19-/m1/s1. The molecular weight excluding hydrogens is 322 g/mol. The molecule has 0 amide bonds. The predicted molar refractivity (Wildman–Crippen MR) is 94.4 cm³/mol. The van der Waals surface area contributed by atoms with Gasteiger partial charge in [-0.05, 0) is 37.0 Å². The molecule has 0 unspecified atom stereocenters. The normalized spacial score (nSPS) is 22.0. The average Bonchev–Trinajstić information content (AvgIpc) is 2.88. The van der Waals surface area contributed by atoms with Crippen molar-refractivity contribution in [1.29, 1.82) is 0 Å². The van der Waals surface area contributed by atoms with E-state index in [2.05, 4.69) is 16.9 Å². The molecule has 1 aliphatic heterocycles. The van der Waals surface area contributed by atoms with Crippen molar-refractivity contribution in [2.24, 2.45) is 0 Å². The van der Waals surface area contributed by atoms with Crippen LogP contribution in [0.25, 0.3) is 0 Å². The van der Waals surface area contributed by atoms with Crippen LogP contribution >= 0.6 is 0 Å². The molecule has 0 bridgehead atoms. The Morgan fingerprint density at radius 1 is 0.917 bits per heavy atom. The molecule has 0 aromatic heterocycles. The molecule has 3 rings (SSSR count). The monoisotopic (exact) mass is 345 g/mol. The first kappa shape index (κ1) is 17.1. The van der Waals surface area contributed by atoms with Gasteiger partial charge in [0.05, 0.1) is 4.90 Å². The van der Waals surface area contributed by atoms with E-state index in [1.54, 1.807) is 24.3 Å². The van der Waals surface area contributed by atoms with Crippen molar-refractivity contribution < 1.29 is 13.2 Å². The number of benzene rings is 2. The molecule has 1 fully saturated rings. The van der Waals surface area contributed by atoms with Gasteiger partial charge in [0.25, 0.3) is 0 Å². The van der Waals surface area contributed by atoms with Crippen LogP contribution < -0.4 is 4.72 Å².